The van der Waals surface area contributed by atoms with Crippen LogP contribution in [-0.2, 0) is 4.79 Å². The molecule has 0 bridgehead atoms. The summed E-state index contributed by atoms with van der Waals surface area (Å²) in [5, 5.41) is 3.09. The Balaban J connectivity index is 0.000000352. The van der Waals surface area contributed by atoms with Crippen molar-refractivity contribution < 1.29 is 14.0 Å². The number of rotatable bonds is 3. The van der Waals surface area contributed by atoms with Crippen LogP contribution in [0.4, 0.5) is 4.39 Å². The molecule has 6 nitrogen and oxygen atoms in total. The number of carbonyl (C=O) groups excluding carboxylic acids is 2. The van der Waals surface area contributed by atoms with E-state index in [1.165, 1.54) is 12.1 Å². The molecule has 170 valence electrons. The van der Waals surface area contributed by atoms with Gasteiger partial charge in [0.15, 0.2) is 0 Å². The van der Waals surface area contributed by atoms with Gasteiger partial charge in [0, 0.05) is 31.7 Å². The number of carbonyl (C=O) groups is 2. The molecule has 1 aliphatic rings. The molecule has 1 fully saturated rings. The zero-order chi connectivity index (χ0) is 23.1. The van der Waals surface area contributed by atoms with Gasteiger partial charge in [-0.1, -0.05) is 39.0 Å². The Bertz CT molecular complexity index is 1040. The van der Waals surface area contributed by atoms with E-state index < -0.39 is 0 Å². The average Bonchev–Trinajstić information content (AvgIpc) is 3.22. The summed E-state index contributed by atoms with van der Waals surface area (Å²) in [4.78, 5) is 31.1. The Labute approximate surface area is 188 Å². The summed E-state index contributed by atoms with van der Waals surface area (Å²) < 4.78 is 13.8. The van der Waals surface area contributed by atoms with Crippen molar-refractivity contribution in [3.05, 3.63) is 72.6 Å². The molecule has 3 aromatic rings. The van der Waals surface area contributed by atoms with E-state index >= 15 is 0 Å². The molecule has 2 aromatic heterocycles. The summed E-state index contributed by atoms with van der Waals surface area (Å²) in [7, 11) is 0. The fourth-order valence-electron chi connectivity index (χ4n) is 3.76. The van der Waals surface area contributed by atoms with Crippen molar-refractivity contribution >= 4 is 17.3 Å². The summed E-state index contributed by atoms with van der Waals surface area (Å²) >= 11 is 0. The normalized spacial score (nSPS) is 16.2. The number of likely N-dealkylation sites (tertiary alicyclic amines) is 1. The van der Waals surface area contributed by atoms with Crippen molar-refractivity contribution in [2.24, 2.45) is 5.41 Å². The van der Waals surface area contributed by atoms with Gasteiger partial charge >= 0.3 is 0 Å². The number of nitrogens with one attached hydrogen (secondary N) is 1. The fraction of sp³-hybridized carbons (Fsp3) is 0.400. The molecule has 1 unspecified atom stereocenters. The monoisotopic (exact) mass is 438 g/mol. The van der Waals surface area contributed by atoms with E-state index in [0.717, 1.165) is 24.9 Å². The van der Waals surface area contributed by atoms with Gasteiger partial charge in [-0.25, -0.2) is 9.37 Å². The second-order valence-electron chi connectivity index (χ2n) is 9.30. The second kappa shape index (κ2) is 10.4. The summed E-state index contributed by atoms with van der Waals surface area (Å²) in [6.07, 6.45) is 7.58. The van der Waals surface area contributed by atoms with E-state index in [0.29, 0.717) is 18.5 Å². The first-order chi connectivity index (χ1) is 15.2. The van der Waals surface area contributed by atoms with Crippen LogP contribution in [0.25, 0.3) is 5.52 Å². The van der Waals surface area contributed by atoms with Crippen LogP contribution in [-0.4, -0.2) is 45.2 Å². The highest BCUT2D eigenvalue weighted by Gasteiger charge is 2.27. The number of amides is 2. The number of fused-ring (bicyclic) bond motifs is 1. The van der Waals surface area contributed by atoms with Crippen LogP contribution in [0.2, 0.25) is 0 Å². The van der Waals surface area contributed by atoms with Crippen LogP contribution in [0.3, 0.4) is 0 Å². The number of pyridine rings is 1. The third-order valence-electron chi connectivity index (χ3n) is 5.18. The number of nitrogens with zero attached hydrogens (tertiary/aromatic N) is 3. The van der Waals surface area contributed by atoms with Gasteiger partial charge in [0.1, 0.15) is 5.82 Å². The van der Waals surface area contributed by atoms with Crippen molar-refractivity contribution in [1.29, 1.82) is 0 Å². The van der Waals surface area contributed by atoms with Crippen molar-refractivity contribution in [3.63, 3.8) is 0 Å². The van der Waals surface area contributed by atoms with Gasteiger partial charge in [-0.05, 0) is 42.5 Å². The first kappa shape index (κ1) is 23.4. The van der Waals surface area contributed by atoms with E-state index in [4.69, 9.17) is 0 Å². The summed E-state index contributed by atoms with van der Waals surface area (Å²) in [5.41, 5.74) is 1.43. The van der Waals surface area contributed by atoms with Crippen molar-refractivity contribution in [2.75, 3.05) is 13.1 Å². The van der Waals surface area contributed by atoms with E-state index in [2.05, 4.69) is 31.1 Å². The number of imidazole rings is 1. The zero-order valence-electron chi connectivity index (χ0n) is 18.9. The number of benzene rings is 1. The van der Waals surface area contributed by atoms with E-state index in [-0.39, 0.29) is 29.1 Å². The van der Waals surface area contributed by atoms with E-state index in [1.807, 2.05) is 27.6 Å². The van der Waals surface area contributed by atoms with Crippen LogP contribution in [0.5, 0.6) is 0 Å². The smallest absolute Gasteiger partial charge is 0.256 e. The molecule has 0 spiro atoms. The molecule has 32 heavy (non-hydrogen) atoms. The van der Waals surface area contributed by atoms with Gasteiger partial charge in [0.2, 0.25) is 5.91 Å². The Kier molecular flexibility index (Phi) is 7.62. The number of halogens is 1. The highest BCUT2D eigenvalue weighted by molar-refractivity contribution is 6.00. The molecular weight excluding hydrogens is 407 g/mol. The minimum atomic E-state index is -0.178. The minimum Gasteiger partial charge on any atom is -0.352 e. The Morgan fingerprint density at radius 1 is 1.16 bits per heavy atom. The maximum atomic E-state index is 12.9. The zero-order valence-corrected chi connectivity index (χ0v) is 18.9. The number of aromatic nitrogens is 2. The molecule has 1 saturated heterocycles. The lowest BCUT2D eigenvalue weighted by Gasteiger charge is -2.34. The molecule has 1 atom stereocenters. The number of piperidine rings is 1. The summed E-state index contributed by atoms with van der Waals surface area (Å²) in [6.45, 7) is 7.43. The summed E-state index contributed by atoms with van der Waals surface area (Å²) in [6, 6.07) is 11.7. The van der Waals surface area contributed by atoms with Gasteiger partial charge in [0.25, 0.3) is 5.91 Å². The lowest BCUT2D eigenvalue weighted by atomic mass is 9.91. The molecule has 7 heteroatoms. The predicted molar refractivity (Wildman–Crippen MR) is 123 cm³/mol. The third kappa shape index (κ3) is 6.64. The van der Waals surface area contributed by atoms with Crippen molar-refractivity contribution in [1.82, 2.24) is 19.6 Å². The molecule has 0 saturated carbocycles. The van der Waals surface area contributed by atoms with E-state index in [9.17, 15) is 14.0 Å². The molecule has 0 aliphatic carbocycles. The van der Waals surface area contributed by atoms with Gasteiger partial charge in [-0.2, -0.15) is 0 Å². The fourth-order valence-corrected chi connectivity index (χ4v) is 3.76. The van der Waals surface area contributed by atoms with Gasteiger partial charge < -0.3 is 14.6 Å². The van der Waals surface area contributed by atoms with Gasteiger partial charge in [0.05, 0.1) is 23.6 Å². The molecule has 0 radical (unpaired) electrons. The third-order valence-corrected chi connectivity index (χ3v) is 5.18. The summed E-state index contributed by atoms with van der Waals surface area (Å²) in [5.74, 6) is -0.118. The SMILES string of the molecule is CC(C)(C)CC(=O)NC1CCCN(C(=O)c2cccn3cncc23)C1.Fc1ccccc1. The standard InChI is InChI=1S/C19H26N4O2.C6H5F/c1-19(2,3)10-17(24)21-14-6-4-8-22(12-14)18(25)15-7-5-9-23-13-20-11-16(15)23;7-6-4-2-1-3-5-6/h5,7,9,11,13-14H,4,6,8,10,12H2,1-3H3,(H,21,24);1-5H. The van der Waals surface area contributed by atoms with Gasteiger partial charge in [-0.3, -0.25) is 9.59 Å². The lowest BCUT2D eigenvalue weighted by molar-refractivity contribution is -0.123. The minimum absolute atomic E-state index is 0.000806. The Morgan fingerprint density at radius 3 is 2.56 bits per heavy atom. The first-order valence-corrected chi connectivity index (χ1v) is 10.9. The van der Waals surface area contributed by atoms with E-state index in [1.54, 1.807) is 30.7 Å². The Hall–Kier alpha value is -3.22. The lowest BCUT2D eigenvalue weighted by Crippen LogP contribution is -2.50. The average molecular weight is 439 g/mol. The van der Waals surface area contributed by atoms with Crippen LogP contribution in [0, 0.1) is 11.2 Å². The molecule has 1 aromatic carbocycles. The number of hydrogen-bond donors (Lipinski definition) is 1. The van der Waals surface area contributed by atoms with Crippen LogP contribution >= 0.6 is 0 Å². The number of hydrogen-bond acceptors (Lipinski definition) is 3. The molecule has 4 rings (SSSR count). The highest BCUT2D eigenvalue weighted by atomic mass is 19.1. The maximum Gasteiger partial charge on any atom is 0.256 e. The maximum absolute atomic E-state index is 12.9. The molecule has 3 heterocycles. The largest absolute Gasteiger partial charge is 0.352 e. The van der Waals surface area contributed by atoms with Crippen LogP contribution in [0.15, 0.2) is 61.2 Å². The van der Waals surface area contributed by atoms with Crippen LogP contribution < -0.4 is 5.32 Å². The Morgan fingerprint density at radius 2 is 1.91 bits per heavy atom. The molecular formula is C25H31FN4O2. The topological polar surface area (TPSA) is 66.7 Å². The highest BCUT2D eigenvalue weighted by Crippen LogP contribution is 2.20. The quantitative estimate of drug-likeness (QED) is 0.662. The first-order valence-electron chi connectivity index (χ1n) is 10.9. The molecule has 1 aliphatic heterocycles. The van der Waals surface area contributed by atoms with Crippen molar-refractivity contribution in [3.8, 4) is 0 Å². The van der Waals surface area contributed by atoms with Crippen molar-refractivity contribution in [2.45, 2.75) is 46.1 Å². The second-order valence-corrected chi connectivity index (χ2v) is 9.30. The molecule has 1 N–H and O–H groups in total. The van der Waals surface area contributed by atoms with Crippen LogP contribution in [0.1, 0.15) is 50.4 Å². The van der Waals surface area contributed by atoms with Gasteiger partial charge in [-0.15, -0.1) is 0 Å². The predicted octanol–water partition coefficient (Wildman–Crippen LogP) is 4.32. The molecule has 2 amide bonds.